The van der Waals surface area contributed by atoms with Crippen molar-refractivity contribution < 1.29 is 0 Å². The van der Waals surface area contributed by atoms with Crippen molar-refractivity contribution in [2.24, 2.45) is 16.6 Å². The maximum atomic E-state index is 5.83. The van der Waals surface area contributed by atoms with Crippen LogP contribution in [0.5, 0.6) is 0 Å². The lowest BCUT2D eigenvalue weighted by Crippen LogP contribution is -2.48. The van der Waals surface area contributed by atoms with Crippen molar-refractivity contribution in [2.75, 3.05) is 32.7 Å². The number of nitrogens with zero attached hydrogens (tertiary/aromatic N) is 3. The van der Waals surface area contributed by atoms with Gasteiger partial charge in [-0.2, -0.15) is 0 Å². The summed E-state index contributed by atoms with van der Waals surface area (Å²) >= 11 is 0. The summed E-state index contributed by atoms with van der Waals surface area (Å²) in [5.41, 5.74) is 8.59. The second kappa shape index (κ2) is 11.0. The van der Waals surface area contributed by atoms with Crippen molar-refractivity contribution in [3.8, 4) is 0 Å². The summed E-state index contributed by atoms with van der Waals surface area (Å²) in [4.78, 5) is 9.50. The van der Waals surface area contributed by atoms with E-state index in [0.29, 0.717) is 17.7 Å². The van der Waals surface area contributed by atoms with Crippen LogP contribution in [-0.4, -0.2) is 54.9 Å². The summed E-state index contributed by atoms with van der Waals surface area (Å²) in [6, 6.07) is 0.633. The largest absolute Gasteiger partial charge is 0.399 e. The van der Waals surface area contributed by atoms with E-state index in [1.54, 1.807) is 6.34 Å². The summed E-state index contributed by atoms with van der Waals surface area (Å²) in [5, 5.41) is 3.08. The molecule has 2 rings (SSSR count). The molecule has 0 spiro atoms. The SMILES string of the molecule is C=C(N)C1=CNC=NCCC(CC(=C)N2CCN(C(C)C)CC2)CCC=C1. The van der Waals surface area contributed by atoms with E-state index in [-0.39, 0.29) is 0 Å². The zero-order chi connectivity index (χ0) is 19.6. The molecule has 0 aromatic heterocycles. The van der Waals surface area contributed by atoms with Crippen LogP contribution in [0.1, 0.15) is 39.5 Å². The van der Waals surface area contributed by atoms with E-state index in [1.807, 2.05) is 12.3 Å². The maximum Gasteiger partial charge on any atom is 0.0863 e. The first kappa shape index (κ1) is 21.3. The predicted molar refractivity (Wildman–Crippen MR) is 116 cm³/mol. The second-order valence-electron chi connectivity index (χ2n) is 7.85. The van der Waals surface area contributed by atoms with E-state index in [4.69, 9.17) is 5.73 Å². The lowest BCUT2D eigenvalue weighted by atomic mass is 9.93. The molecule has 2 heterocycles. The average Bonchev–Trinajstić information content (AvgIpc) is 2.63. The van der Waals surface area contributed by atoms with Crippen LogP contribution in [0.4, 0.5) is 0 Å². The molecule has 2 aliphatic heterocycles. The first-order chi connectivity index (χ1) is 13.0. The van der Waals surface area contributed by atoms with Gasteiger partial charge in [0.15, 0.2) is 0 Å². The highest BCUT2D eigenvalue weighted by molar-refractivity contribution is 5.57. The number of allylic oxidation sites excluding steroid dienone is 3. The van der Waals surface area contributed by atoms with Crippen LogP contribution in [0.2, 0.25) is 0 Å². The standard InChI is InChI=1S/C22H37N5/c1-18(2)26-11-13-27(14-12-26)19(3)15-21-7-5-6-8-22(20(4)23)16-25-17-24-10-9-21/h6,8,16-18,21H,3-5,7,9-15,23H2,1-2H3,(H,24,25). The van der Waals surface area contributed by atoms with E-state index < -0.39 is 0 Å². The van der Waals surface area contributed by atoms with Crippen molar-refractivity contribution in [2.45, 2.75) is 45.6 Å². The third-order valence-electron chi connectivity index (χ3n) is 5.50. The van der Waals surface area contributed by atoms with Gasteiger partial charge in [-0.3, -0.25) is 9.89 Å². The van der Waals surface area contributed by atoms with Crippen molar-refractivity contribution in [1.82, 2.24) is 15.1 Å². The Kier molecular flexibility index (Phi) is 8.65. The summed E-state index contributed by atoms with van der Waals surface area (Å²) in [7, 11) is 0. The number of nitrogens with one attached hydrogen (secondary N) is 1. The number of hydrogen-bond acceptors (Lipinski definition) is 5. The van der Waals surface area contributed by atoms with Gasteiger partial charge in [0.1, 0.15) is 0 Å². The zero-order valence-electron chi connectivity index (χ0n) is 17.2. The molecule has 0 aromatic carbocycles. The van der Waals surface area contributed by atoms with Crippen LogP contribution in [-0.2, 0) is 0 Å². The Labute approximate surface area is 165 Å². The molecule has 27 heavy (non-hydrogen) atoms. The number of nitrogens with two attached hydrogens (primary N) is 1. The normalized spacial score (nSPS) is 22.6. The number of piperazine rings is 1. The molecular formula is C22H37N5. The number of aliphatic imine (C=N–C) groups is 1. The van der Waals surface area contributed by atoms with E-state index in [2.05, 4.69) is 53.2 Å². The van der Waals surface area contributed by atoms with Crippen LogP contribution < -0.4 is 11.1 Å². The summed E-state index contributed by atoms with van der Waals surface area (Å²) in [5.74, 6) is 0.607. The van der Waals surface area contributed by atoms with Crippen molar-refractivity contribution >= 4 is 6.34 Å². The Hall–Kier alpha value is -2.01. The minimum absolute atomic E-state index is 0.565. The molecule has 5 nitrogen and oxygen atoms in total. The molecule has 1 fully saturated rings. The molecule has 0 aromatic rings. The molecule has 150 valence electrons. The van der Waals surface area contributed by atoms with Gasteiger partial charge in [-0.05, 0) is 45.4 Å². The first-order valence-corrected chi connectivity index (χ1v) is 10.2. The van der Waals surface area contributed by atoms with Crippen LogP contribution in [0, 0.1) is 5.92 Å². The fourth-order valence-corrected chi connectivity index (χ4v) is 3.66. The van der Waals surface area contributed by atoms with E-state index in [0.717, 1.165) is 64.0 Å². The molecular weight excluding hydrogens is 334 g/mol. The van der Waals surface area contributed by atoms with Crippen LogP contribution in [0.15, 0.2) is 53.5 Å². The molecule has 1 saturated heterocycles. The topological polar surface area (TPSA) is 56.9 Å². The summed E-state index contributed by atoms with van der Waals surface area (Å²) < 4.78 is 0. The summed E-state index contributed by atoms with van der Waals surface area (Å²) in [6.07, 6.45) is 12.2. The Balaban J connectivity index is 1.89. The van der Waals surface area contributed by atoms with E-state index >= 15 is 0 Å². The highest BCUT2D eigenvalue weighted by Gasteiger charge is 2.21. The quantitative estimate of drug-likeness (QED) is 0.779. The molecule has 3 N–H and O–H groups in total. The van der Waals surface area contributed by atoms with Crippen LogP contribution in [0.25, 0.3) is 0 Å². The van der Waals surface area contributed by atoms with Crippen molar-refractivity contribution in [1.29, 1.82) is 0 Å². The third kappa shape index (κ3) is 7.25. The highest BCUT2D eigenvalue weighted by atomic mass is 15.3. The molecule has 0 aliphatic carbocycles. The van der Waals surface area contributed by atoms with Crippen LogP contribution in [0.3, 0.4) is 0 Å². The number of hydrogen-bond donors (Lipinski definition) is 2. The molecule has 5 heteroatoms. The van der Waals surface area contributed by atoms with Crippen LogP contribution >= 0.6 is 0 Å². The van der Waals surface area contributed by atoms with Crippen molar-refractivity contribution in [3.63, 3.8) is 0 Å². The lowest BCUT2D eigenvalue weighted by Gasteiger charge is -2.39. The van der Waals surface area contributed by atoms with Gasteiger partial charge in [0.05, 0.1) is 6.34 Å². The van der Waals surface area contributed by atoms with Gasteiger partial charge < -0.3 is 16.0 Å². The maximum absolute atomic E-state index is 5.83. The van der Waals surface area contributed by atoms with Gasteiger partial charge in [-0.25, -0.2) is 0 Å². The monoisotopic (exact) mass is 371 g/mol. The third-order valence-corrected chi connectivity index (χ3v) is 5.50. The van der Waals surface area contributed by atoms with Gasteiger partial charge in [0, 0.05) is 61.9 Å². The fraction of sp³-hybridized carbons (Fsp3) is 0.591. The van der Waals surface area contributed by atoms with Gasteiger partial charge in [-0.1, -0.05) is 25.3 Å². The fourth-order valence-electron chi connectivity index (χ4n) is 3.66. The molecule has 1 atom stereocenters. The average molecular weight is 372 g/mol. The van der Waals surface area contributed by atoms with Crippen molar-refractivity contribution in [3.05, 3.63) is 48.5 Å². The molecule has 0 amide bonds. The number of rotatable bonds is 5. The van der Waals surface area contributed by atoms with Gasteiger partial charge in [0.2, 0.25) is 0 Å². The lowest BCUT2D eigenvalue weighted by molar-refractivity contribution is 0.125. The second-order valence-corrected chi connectivity index (χ2v) is 7.85. The zero-order valence-corrected chi connectivity index (χ0v) is 17.2. The first-order valence-electron chi connectivity index (χ1n) is 10.2. The smallest absolute Gasteiger partial charge is 0.0863 e. The van der Waals surface area contributed by atoms with E-state index in [1.165, 1.54) is 5.70 Å². The Morgan fingerprint density at radius 3 is 2.67 bits per heavy atom. The molecule has 2 aliphatic rings. The minimum atomic E-state index is 0.565. The molecule has 0 bridgehead atoms. The Morgan fingerprint density at radius 2 is 2.00 bits per heavy atom. The van der Waals surface area contributed by atoms with Gasteiger partial charge in [0.25, 0.3) is 0 Å². The molecule has 0 radical (unpaired) electrons. The predicted octanol–water partition coefficient (Wildman–Crippen LogP) is 3.25. The Bertz CT molecular complexity index is 580. The van der Waals surface area contributed by atoms with E-state index in [9.17, 15) is 0 Å². The summed E-state index contributed by atoms with van der Waals surface area (Å²) in [6.45, 7) is 18.1. The highest BCUT2D eigenvalue weighted by Crippen LogP contribution is 2.24. The minimum Gasteiger partial charge on any atom is -0.399 e. The Morgan fingerprint density at radius 1 is 1.26 bits per heavy atom. The van der Waals surface area contributed by atoms with Gasteiger partial charge in [-0.15, -0.1) is 0 Å². The molecule has 1 unspecified atom stereocenters. The molecule has 0 saturated carbocycles. The van der Waals surface area contributed by atoms with Gasteiger partial charge >= 0.3 is 0 Å².